The van der Waals surface area contributed by atoms with Gasteiger partial charge in [0.05, 0.1) is 5.92 Å². The first kappa shape index (κ1) is 18.2. The van der Waals surface area contributed by atoms with E-state index in [1.165, 1.54) is 0 Å². The highest BCUT2D eigenvalue weighted by atomic mass is 16.2. The zero-order valence-corrected chi connectivity index (χ0v) is 15.5. The fraction of sp³-hybridized carbons (Fsp3) is 0.333. The first-order valence-electron chi connectivity index (χ1n) is 9.48. The van der Waals surface area contributed by atoms with Crippen LogP contribution in [0.4, 0.5) is 5.69 Å². The van der Waals surface area contributed by atoms with Gasteiger partial charge < -0.3 is 14.7 Å². The van der Waals surface area contributed by atoms with Crippen molar-refractivity contribution in [3.8, 4) is 0 Å². The molecule has 28 heavy (non-hydrogen) atoms. The van der Waals surface area contributed by atoms with Crippen molar-refractivity contribution in [1.82, 2.24) is 14.8 Å². The number of nitrogens with zero attached hydrogens (tertiary/aromatic N) is 4. The minimum atomic E-state index is -0.328. The van der Waals surface area contributed by atoms with Crippen LogP contribution in [-0.2, 0) is 9.59 Å². The van der Waals surface area contributed by atoms with E-state index in [0.717, 1.165) is 5.69 Å². The zero-order valence-electron chi connectivity index (χ0n) is 15.5. The molecule has 2 aliphatic rings. The second-order valence-electron chi connectivity index (χ2n) is 7.07. The van der Waals surface area contributed by atoms with E-state index in [1.807, 2.05) is 30.3 Å². The summed E-state index contributed by atoms with van der Waals surface area (Å²) in [5.74, 6) is -0.463. The van der Waals surface area contributed by atoms with Crippen LogP contribution < -0.4 is 4.90 Å². The lowest BCUT2D eigenvalue weighted by Gasteiger charge is -2.35. The fourth-order valence-corrected chi connectivity index (χ4v) is 3.77. The van der Waals surface area contributed by atoms with Gasteiger partial charge in [0.15, 0.2) is 0 Å². The summed E-state index contributed by atoms with van der Waals surface area (Å²) in [6.45, 7) is 2.32. The Morgan fingerprint density at radius 1 is 0.893 bits per heavy atom. The Morgan fingerprint density at radius 3 is 2.25 bits per heavy atom. The Balaban J connectivity index is 1.34. The monoisotopic (exact) mass is 378 g/mol. The van der Waals surface area contributed by atoms with E-state index in [9.17, 15) is 14.4 Å². The smallest absolute Gasteiger partial charge is 0.272 e. The van der Waals surface area contributed by atoms with Gasteiger partial charge in [-0.1, -0.05) is 24.3 Å². The van der Waals surface area contributed by atoms with Crippen LogP contribution in [0.25, 0.3) is 0 Å². The number of carbonyl (C=O) groups excluding carboxylic acids is 3. The van der Waals surface area contributed by atoms with Crippen molar-refractivity contribution in [2.75, 3.05) is 37.6 Å². The molecule has 3 heterocycles. The lowest BCUT2D eigenvalue weighted by molar-refractivity contribution is -0.137. The third kappa shape index (κ3) is 3.60. The number of hydrogen-bond donors (Lipinski definition) is 0. The second kappa shape index (κ2) is 7.80. The topological polar surface area (TPSA) is 73.8 Å². The summed E-state index contributed by atoms with van der Waals surface area (Å²) in [7, 11) is 0. The van der Waals surface area contributed by atoms with Crippen LogP contribution in [0.2, 0.25) is 0 Å². The van der Waals surface area contributed by atoms with Crippen molar-refractivity contribution in [3.63, 3.8) is 0 Å². The number of amides is 3. The summed E-state index contributed by atoms with van der Waals surface area (Å²) in [4.78, 5) is 47.0. The van der Waals surface area contributed by atoms with Crippen molar-refractivity contribution < 1.29 is 14.4 Å². The first-order valence-corrected chi connectivity index (χ1v) is 9.48. The molecule has 144 valence electrons. The maximum Gasteiger partial charge on any atom is 0.272 e. The second-order valence-corrected chi connectivity index (χ2v) is 7.07. The van der Waals surface area contributed by atoms with Crippen LogP contribution in [0, 0.1) is 5.92 Å². The van der Waals surface area contributed by atoms with Gasteiger partial charge in [-0.15, -0.1) is 0 Å². The van der Waals surface area contributed by atoms with Gasteiger partial charge in [-0.25, -0.2) is 0 Å². The Labute approximate surface area is 163 Å². The van der Waals surface area contributed by atoms with Crippen molar-refractivity contribution in [2.45, 2.75) is 6.42 Å². The van der Waals surface area contributed by atoms with Crippen molar-refractivity contribution in [1.29, 1.82) is 0 Å². The Bertz CT molecular complexity index is 864. The SMILES string of the molecule is O=C(c1ccccn1)N1CCN(C(=O)C2CC(=O)N(c3ccccc3)C2)CC1. The van der Waals surface area contributed by atoms with Gasteiger partial charge in [0, 0.05) is 51.0 Å². The maximum absolute atomic E-state index is 12.9. The molecular weight excluding hydrogens is 356 g/mol. The van der Waals surface area contributed by atoms with Gasteiger partial charge in [0.2, 0.25) is 11.8 Å². The quantitative estimate of drug-likeness (QED) is 0.810. The maximum atomic E-state index is 12.9. The molecule has 0 N–H and O–H groups in total. The number of rotatable bonds is 3. The van der Waals surface area contributed by atoms with E-state index < -0.39 is 0 Å². The summed E-state index contributed by atoms with van der Waals surface area (Å²) in [6, 6.07) is 14.7. The van der Waals surface area contributed by atoms with Gasteiger partial charge >= 0.3 is 0 Å². The zero-order chi connectivity index (χ0) is 19.5. The summed E-state index contributed by atoms with van der Waals surface area (Å²) >= 11 is 0. The van der Waals surface area contributed by atoms with E-state index in [0.29, 0.717) is 38.4 Å². The number of aromatic nitrogens is 1. The van der Waals surface area contributed by atoms with Gasteiger partial charge in [0.1, 0.15) is 5.69 Å². The molecule has 2 fully saturated rings. The van der Waals surface area contributed by atoms with Crippen LogP contribution >= 0.6 is 0 Å². The number of carbonyl (C=O) groups is 3. The molecule has 0 spiro atoms. The molecular formula is C21H22N4O3. The third-order valence-electron chi connectivity index (χ3n) is 5.30. The molecule has 0 bridgehead atoms. The van der Waals surface area contributed by atoms with Gasteiger partial charge in [0.25, 0.3) is 5.91 Å². The molecule has 2 saturated heterocycles. The molecule has 0 radical (unpaired) electrons. The minimum absolute atomic E-state index is 0.00304. The van der Waals surface area contributed by atoms with Gasteiger partial charge in [-0.2, -0.15) is 0 Å². The van der Waals surface area contributed by atoms with E-state index in [-0.39, 0.29) is 30.1 Å². The summed E-state index contributed by atoms with van der Waals surface area (Å²) in [5, 5.41) is 0. The first-order chi connectivity index (χ1) is 13.6. The predicted molar refractivity (Wildman–Crippen MR) is 104 cm³/mol. The number of para-hydroxylation sites is 1. The molecule has 2 aliphatic heterocycles. The summed E-state index contributed by atoms with van der Waals surface area (Å²) < 4.78 is 0. The van der Waals surface area contributed by atoms with Crippen molar-refractivity contribution in [3.05, 3.63) is 60.4 Å². The van der Waals surface area contributed by atoms with E-state index in [2.05, 4.69) is 4.98 Å². The van der Waals surface area contributed by atoms with Crippen LogP contribution in [0.3, 0.4) is 0 Å². The van der Waals surface area contributed by atoms with E-state index in [4.69, 9.17) is 0 Å². The van der Waals surface area contributed by atoms with Gasteiger partial charge in [-0.3, -0.25) is 19.4 Å². The molecule has 1 atom stereocenters. The van der Waals surface area contributed by atoms with Crippen LogP contribution in [-0.4, -0.2) is 65.2 Å². The number of anilines is 1. The number of piperazine rings is 1. The molecule has 3 amide bonds. The molecule has 0 saturated carbocycles. The normalized spacial score (nSPS) is 19.8. The molecule has 1 unspecified atom stereocenters. The number of pyridine rings is 1. The molecule has 1 aromatic carbocycles. The summed E-state index contributed by atoms with van der Waals surface area (Å²) in [6.07, 6.45) is 1.84. The predicted octanol–water partition coefficient (Wildman–Crippen LogP) is 1.42. The van der Waals surface area contributed by atoms with Crippen molar-refractivity contribution in [2.24, 2.45) is 5.92 Å². The molecule has 0 aliphatic carbocycles. The van der Waals surface area contributed by atoms with E-state index >= 15 is 0 Å². The Hall–Kier alpha value is -3.22. The lowest BCUT2D eigenvalue weighted by atomic mass is 10.1. The highest BCUT2D eigenvalue weighted by Crippen LogP contribution is 2.26. The van der Waals surface area contributed by atoms with Crippen LogP contribution in [0.1, 0.15) is 16.9 Å². The number of hydrogen-bond acceptors (Lipinski definition) is 4. The summed E-state index contributed by atoms with van der Waals surface area (Å²) in [5.41, 5.74) is 1.25. The Morgan fingerprint density at radius 2 is 1.57 bits per heavy atom. The standard InChI is InChI=1S/C21H22N4O3/c26-19-14-16(15-25(19)17-6-2-1-3-7-17)20(27)23-10-12-24(13-11-23)21(28)18-8-4-5-9-22-18/h1-9,16H,10-15H2. The van der Waals surface area contributed by atoms with Crippen LogP contribution in [0.5, 0.6) is 0 Å². The molecule has 7 nitrogen and oxygen atoms in total. The lowest BCUT2D eigenvalue weighted by Crippen LogP contribution is -2.52. The van der Waals surface area contributed by atoms with Crippen molar-refractivity contribution >= 4 is 23.4 Å². The fourth-order valence-electron chi connectivity index (χ4n) is 3.77. The minimum Gasteiger partial charge on any atom is -0.339 e. The highest BCUT2D eigenvalue weighted by Gasteiger charge is 2.38. The molecule has 2 aromatic rings. The van der Waals surface area contributed by atoms with Crippen LogP contribution in [0.15, 0.2) is 54.7 Å². The third-order valence-corrected chi connectivity index (χ3v) is 5.30. The highest BCUT2D eigenvalue weighted by molar-refractivity contribution is 6.00. The number of benzene rings is 1. The average molecular weight is 378 g/mol. The van der Waals surface area contributed by atoms with E-state index in [1.54, 1.807) is 39.1 Å². The molecule has 7 heteroatoms. The average Bonchev–Trinajstić information content (AvgIpc) is 3.15. The largest absolute Gasteiger partial charge is 0.339 e. The Kier molecular flexibility index (Phi) is 5.06. The van der Waals surface area contributed by atoms with Gasteiger partial charge in [-0.05, 0) is 24.3 Å². The molecule has 4 rings (SSSR count). The molecule has 1 aromatic heterocycles.